The number of aryl methyl sites for hydroxylation is 1. The molecule has 1 rings (SSSR count). The SMILES string of the molecule is CC[C@@H](N)c1cncn1CCCN(CC)CC. The van der Waals surface area contributed by atoms with Gasteiger partial charge in [-0.25, -0.2) is 4.98 Å². The maximum Gasteiger partial charge on any atom is 0.0948 e. The molecule has 0 aliphatic rings. The Labute approximate surface area is 105 Å². The molecule has 0 radical (unpaired) electrons. The number of hydrogen-bond donors (Lipinski definition) is 1. The number of nitrogens with two attached hydrogens (primary N) is 1. The maximum atomic E-state index is 6.05. The molecule has 4 nitrogen and oxygen atoms in total. The molecule has 1 atom stereocenters. The molecule has 0 unspecified atom stereocenters. The van der Waals surface area contributed by atoms with E-state index < -0.39 is 0 Å². The summed E-state index contributed by atoms with van der Waals surface area (Å²) >= 11 is 0. The fraction of sp³-hybridized carbons (Fsp3) is 0.769. The molecule has 0 bridgehead atoms. The Balaban J connectivity index is 2.44. The third kappa shape index (κ3) is 4.13. The number of rotatable bonds is 8. The molecule has 1 aromatic rings. The van der Waals surface area contributed by atoms with E-state index in [1.54, 1.807) is 0 Å². The van der Waals surface area contributed by atoms with Gasteiger partial charge in [0.2, 0.25) is 0 Å². The first-order chi connectivity index (χ1) is 8.22. The molecular weight excluding hydrogens is 212 g/mol. The average Bonchev–Trinajstić information content (AvgIpc) is 2.82. The highest BCUT2D eigenvalue weighted by molar-refractivity contribution is 5.04. The van der Waals surface area contributed by atoms with Crippen LogP contribution in [-0.2, 0) is 6.54 Å². The number of aromatic nitrogens is 2. The summed E-state index contributed by atoms with van der Waals surface area (Å²) in [5.74, 6) is 0. The summed E-state index contributed by atoms with van der Waals surface area (Å²) in [5.41, 5.74) is 7.21. The largest absolute Gasteiger partial charge is 0.333 e. The Hall–Kier alpha value is -0.870. The van der Waals surface area contributed by atoms with Crippen LogP contribution in [0.4, 0.5) is 0 Å². The van der Waals surface area contributed by atoms with Crippen LogP contribution in [0.3, 0.4) is 0 Å². The van der Waals surface area contributed by atoms with E-state index in [9.17, 15) is 0 Å². The van der Waals surface area contributed by atoms with E-state index in [2.05, 4.69) is 35.2 Å². The van der Waals surface area contributed by atoms with Gasteiger partial charge in [0.25, 0.3) is 0 Å². The zero-order valence-corrected chi connectivity index (χ0v) is 11.4. The van der Waals surface area contributed by atoms with Crippen LogP contribution < -0.4 is 5.73 Å². The van der Waals surface area contributed by atoms with Crippen molar-refractivity contribution >= 4 is 0 Å². The van der Waals surface area contributed by atoms with Crippen LogP contribution in [-0.4, -0.2) is 34.1 Å². The topological polar surface area (TPSA) is 47.1 Å². The van der Waals surface area contributed by atoms with Crippen LogP contribution >= 0.6 is 0 Å². The molecule has 0 saturated heterocycles. The van der Waals surface area contributed by atoms with Gasteiger partial charge in [0.1, 0.15) is 0 Å². The second-order valence-electron chi connectivity index (χ2n) is 4.41. The summed E-state index contributed by atoms with van der Waals surface area (Å²) in [7, 11) is 0. The Kier molecular flexibility index (Phi) is 6.22. The fourth-order valence-electron chi connectivity index (χ4n) is 2.04. The molecule has 0 amide bonds. The fourth-order valence-corrected chi connectivity index (χ4v) is 2.04. The van der Waals surface area contributed by atoms with Gasteiger partial charge >= 0.3 is 0 Å². The van der Waals surface area contributed by atoms with E-state index in [1.807, 2.05) is 12.5 Å². The number of imidazole rings is 1. The standard InChI is InChI=1S/C13H26N4/c1-4-12(14)13-10-15-11-17(13)9-7-8-16(5-2)6-3/h10-12H,4-9,14H2,1-3H3/t12-/m1/s1. The highest BCUT2D eigenvalue weighted by Crippen LogP contribution is 2.13. The van der Waals surface area contributed by atoms with E-state index in [0.717, 1.165) is 44.7 Å². The van der Waals surface area contributed by atoms with Crippen LogP contribution in [0.2, 0.25) is 0 Å². The third-order valence-corrected chi connectivity index (χ3v) is 3.33. The van der Waals surface area contributed by atoms with E-state index in [-0.39, 0.29) is 6.04 Å². The number of hydrogen-bond acceptors (Lipinski definition) is 3. The summed E-state index contributed by atoms with van der Waals surface area (Å²) in [5, 5.41) is 0. The molecule has 0 aromatic carbocycles. The van der Waals surface area contributed by atoms with Gasteiger partial charge in [-0.05, 0) is 32.5 Å². The van der Waals surface area contributed by atoms with Crippen LogP contribution in [0.15, 0.2) is 12.5 Å². The van der Waals surface area contributed by atoms with Crippen LogP contribution in [0, 0.1) is 0 Å². The summed E-state index contributed by atoms with van der Waals surface area (Å²) in [6.07, 6.45) is 5.90. The summed E-state index contributed by atoms with van der Waals surface area (Å²) in [6, 6.07) is 0.117. The molecule has 4 heteroatoms. The lowest BCUT2D eigenvalue weighted by Crippen LogP contribution is -2.25. The first-order valence-electron chi connectivity index (χ1n) is 6.70. The minimum absolute atomic E-state index is 0.117. The molecule has 0 aliphatic carbocycles. The van der Waals surface area contributed by atoms with E-state index in [4.69, 9.17) is 5.73 Å². The molecule has 17 heavy (non-hydrogen) atoms. The van der Waals surface area contributed by atoms with Gasteiger partial charge in [0.15, 0.2) is 0 Å². The lowest BCUT2D eigenvalue weighted by Gasteiger charge is -2.19. The number of nitrogens with zero attached hydrogens (tertiary/aromatic N) is 3. The van der Waals surface area contributed by atoms with Crippen LogP contribution in [0.1, 0.15) is 45.3 Å². The quantitative estimate of drug-likeness (QED) is 0.754. The van der Waals surface area contributed by atoms with Crippen LogP contribution in [0.25, 0.3) is 0 Å². The van der Waals surface area contributed by atoms with Crippen molar-refractivity contribution in [2.75, 3.05) is 19.6 Å². The monoisotopic (exact) mass is 238 g/mol. The molecular formula is C13H26N4. The van der Waals surface area contributed by atoms with Gasteiger partial charge in [-0.1, -0.05) is 20.8 Å². The molecule has 1 heterocycles. The smallest absolute Gasteiger partial charge is 0.0948 e. The molecule has 98 valence electrons. The zero-order chi connectivity index (χ0) is 12.7. The van der Waals surface area contributed by atoms with Crippen molar-refractivity contribution in [3.05, 3.63) is 18.2 Å². The Bertz CT molecular complexity index is 304. The van der Waals surface area contributed by atoms with E-state index >= 15 is 0 Å². The minimum Gasteiger partial charge on any atom is -0.333 e. The molecule has 2 N–H and O–H groups in total. The predicted molar refractivity (Wildman–Crippen MR) is 71.9 cm³/mol. The lowest BCUT2D eigenvalue weighted by molar-refractivity contribution is 0.292. The molecule has 0 saturated carbocycles. The summed E-state index contributed by atoms with van der Waals surface area (Å²) < 4.78 is 2.19. The van der Waals surface area contributed by atoms with Gasteiger partial charge in [-0.15, -0.1) is 0 Å². The first-order valence-corrected chi connectivity index (χ1v) is 6.70. The molecule has 1 aromatic heterocycles. The van der Waals surface area contributed by atoms with Gasteiger partial charge in [0, 0.05) is 18.8 Å². The molecule has 0 aliphatic heterocycles. The van der Waals surface area contributed by atoms with E-state index in [1.165, 1.54) is 0 Å². The zero-order valence-electron chi connectivity index (χ0n) is 11.4. The first kappa shape index (κ1) is 14.2. The molecule has 0 spiro atoms. The normalized spacial score (nSPS) is 13.2. The van der Waals surface area contributed by atoms with Gasteiger partial charge < -0.3 is 15.2 Å². The van der Waals surface area contributed by atoms with E-state index in [0.29, 0.717) is 0 Å². The Morgan fingerprint density at radius 2 is 2.06 bits per heavy atom. The third-order valence-electron chi connectivity index (χ3n) is 3.33. The maximum absolute atomic E-state index is 6.05. The minimum atomic E-state index is 0.117. The summed E-state index contributed by atoms with van der Waals surface area (Å²) in [4.78, 5) is 6.64. The van der Waals surface area contributed by atoms with Gasteiger partial charge in [-0.3, -0.25) is 0 Å². The van der Waals surface area contributed by atoms with Gasteiger partial charge in [-0.2, -0.15) is 0 Å². The summed E-state index contributed by atoms with van der Waals surface area (Å²) in [6.45, 7) is 10.9. The highest BCUT2D eigenvalue weighted by atomic mass is 15.1. The van der Waals surface area contributed by atoms with Crippen molar-refractivity contribution in [3.63, 3.8) is 0 Å². The predicted octanol–water partition coefficient (Wildman–Crippen LogP) is 2.02. The van der Waals surface area contributed by atoms with Gasteiger partial charge in [0.05, 0.1) is 12.0 Å². The van der Waals surface area contributed by atoms with Crippen molar-refractivity contribution in [2.45, 2.75) is 46.2 Å². The van der Waals surface area contributed by atoms with Crippen molar-refractivity contribution in [1.82, 2.24) is 14.5 Å². The second kappa shape index (κ2) is 7.45. The average molecular weight is 238 g/mol. The highest BCUT2D eigenvalue weighted by Gasteiger charge is 2.09. The Morgan fingerprint density at radius 3 is 2.65 bits per heavy atom. The van der Waals surface area contributed by atoms with Crippen molar-refractivity contribution in [3.8, 4) is 0 Å². The van der Waals surface area contributed by atoms with Crippen molar-refractivity contribution in [1.29, 1.82) is 0 Å². The van der Waals surface area contributed by atoms with Crippen LogP contribution in [0.5, 0.6) is 0 Å². The molecule has 0 fully saturated rings. The Morgan fingerprint density at radius 1 is 1.35 bits per heavy atom. The van der Waals surface area contributed by atoms with Crippen molar-refractivity contribution in [2.24, 2.45) is 5.73 Å². The van der Waals surface area contributed by atoms with Crippen molar-refractivity contribution < 1.29 is 0 Å². The second-order valence-corrected chi connectivity index (χ2v) is 4.41. The lowest BCUT2D eigenvalue weighted by atomic mass is 10.2.